The topological polar surface area (TPSA) is 64.6 Å². The van der Waals surface area contributed by atoms with Gasteiger partial charge in [-0.05, 0) is 37.6 Å². The van der Waals surface area contributed by atoms with Gasteiger partial charge < -0.3 is 14.8 Å². The normalized spacial score (nSPS) is 16.5. The standard InChI is InChI=1S/C29H24FNO4/c1-3-34-29(33)24-17(2)31-27-20-11-4-5-12-21(20)28(32)26(27)25(24)22-13-6-7-14-23(22)35-16-18-9-8-10-19(30)15-18/h4-15,25,31H,3,16H2,1-2H3/t25-/m0/s1. The second kappa shape index (κ2) is 9.22. The summed E-state index contributed by atoms with van der Waals surface area (Å²) in [6, 6.07) is 20.9. The van der Waals surface area contributed by atoms with Crippen molar-refractivity contribution in [2.45, 2.75) is 26.4 Å². The highest BCUT2D eigenvalue weighted by atomic mass is 19.1. The van der Waals surface area contributed by atoms with Crippen molar-refractivity contribution < 1.29 is 23.5 Å². The van der Waals surface area contributed by atoms with Crippen molar-refractivity contribution in [1.82, 2.24) is 5.32 Å². The number of ketones is 1. The van der Waals surface area contributed by atoms with Gasteiger partial charge in [0.25, 0.3) is 0 Å². The monoisotopic (exact) mass is 469 g/mol. The first-order valence-corrected chi connectivity index (χ1v) is 11.5. The molecule has 1 aliphatic carbocycles. The largest absolute Gasteiger partial charge is 0.489 e. The molecule has 1 heterocycles. The summed E-state index contributed by atoms with van der Waals surface area (Å²) in [7, 11) is 0. The first-order chi connectivity index (χ1) is 17.0. The first kappa shape index (κ1) is 22.6. The number of Topliss-reactive ketones (excluding diaryl/α,β-unsaturated/α-hetero) is 1. The molecule has 2 aliphatic rings. The molecule has 0 unspecified atom stereocenters. The van der Waals surface area contributed by atoms with Crippen molar-refractivity contribution in [3.05, 3.63) is 118 Å². The maximum absolute atomic E-state index is 13.7. The van der Waals surface area contributed by atoms with Crippen LogP contribution in [-0.4, -0.2) is 18.4 Å². The molecule has 5 nitrogen and oxygen atoms in total. The second-order valence-corrected chi connectivity index (χ2v) is 8.44. The number of hydrogen-bond donors (Lipinski definition) is 1. The summed E-state index contributed by atoms with van der Waals surface area (Å²) in [5.41, 5.74) is 4.91. The maximum atomic E-state index is 13.7. The highest BCUT2D eigenvalue weighted by Crippen LogP contribution is 2.48. The van der Waals surface area contributed by atoms with Gasteiger partial charge in [0, 0.05) is 28.0 Å². The van der Waals surface area contributed by atoms with Crippen molar-refractivity contribution in [2.75, 3.05) is 6.61 Å². The average molecular weight is 470 g/mol. The van der Waals surface area contributed by atoms with Crippen LogP contribution in [0.5, 0.6) is 5.75 Å². The molecule has 3 aromatic carbocycles. The van der Waals surface area contributed by atoms with E-state index in [2.05, 4.69) is 5.32 Å². The van der Waals surface area contributed by atoms with E-state index in [4.69, 9.17) is 9.47 Å². The zero-order valence-electron chi connectivity index (χ0n) is 19.4. The van der Waals surface area contributed by atoms with E-state index in [-0.39, 0.29) is 24.8 Å². The number of ether oxygens (including phenoxy) is 2. The van der Waals surface area contributed by atoms with Crippen molar-refractivity contribution in [2.24, 2.45) is 0 Å². The predicted molar refractivity (Wildman–Crippen MR) is 130 cm³/mol. The van der Waals surface area contributed by atoms with Crippen LogP contribution in [0.2, 0.25) is 0 Å². The van der Waals surface area contributed by atoms with Gasteiger partial charge in [-0.25, -0.2) is 9.18 Å². The lowest BCUT2D eigenvalue weighted by Gasteiger charge is -2.30. The summed E-state index contributed by atoms with van der Waals surface area (Å²) in [4.78, 5) is 26.8. The predicted octanol–water partition coefficient (Wildman–Crippen LogP) is 5.54. The first-order valence-electron chi connectivity index (χ1n) is 11.5. The summed E-state index contributed by atoms with van der Waals surface area (Å²) < 4.78 is 25.2. The van der Waals surface area contributed by atoms with Crippen LogP contribution in [0.3, 0.4) is 0 Å². The van der Waals surface area contributed by atoms with Gasteiger partial charge in [-0.1, -0.05) is 54.6 Å². The minimum absolute atomic E-state index is 0.136. The summed E-state index contributed by atoms with van der Waals surface area (Å²) in [5, 5.41) is 3.29. The molecule has 176 valence electrons. The van der Waals surface area contributed by atoms with E-state index >= 15 is 0 Å². The Hall–Kier alpha value is -4.19. The van der Waals surface area contributed by atoms with Gasteiger partial charge in [0.05, 0.1) is 23.8 Å². The number of halogens is 1. The van der Waals surface area contributed by atoms with Gasteiger partial charge in [0.2, 0.25) is 0 Å². The lowest BCUT2D eigenvalue weighted by Crippen LogP contribution is -2.29. The van der Waals surface area contributed by atoms with E-state index in [0.717, 1.165) is 5.56 Å². The van der Waals surface area contributed by atoms with Crippen LogP contribution >= 0.6 is 0 Å². The van der Waals surface area contributed by atoms with Crippen LogP contribution in [0, 0.1) is 5.82 Å². The fourth-order valence-corrected chi connectivity index (χ4v) is 4.76. The molecule has 0 fully saturated rings. The van der Waals surface area contributed by atoms with Gasteiger partial charge in [-0.3, -0.25) is 4.79 Å². The van der Waals surface area contributed by atoms with Crippen LogP contribution in [-0.2, 0) is 16.1 Å². The molecule has 0 radical (unpaired) electrons. The quantitative estimate of drug-likeness (QED) is 0.481. The van der Waals surface area contributed by atoms with Crippen molar-refractivity contribution >= 4 is 17.4 Å². The number of allylic oxidation sites excluding steroid dienone is 2. The molecule has 1 atom stereocenters. The van der Waals surface area contributed by atoms with Crippen LogP contribution in [0.4, 0.5) is 4.39 Å². The molecule has 0 aromatic heterocycles. The molecular weight excluding hydrogens is 445 g/mol. The minimum Gasteiger partial charge on any atom is -0.489 e. The molecular formula is C29H24FNO4. The number of rotatable bonds is 6. The van der Waals surface area contributed by atoms with Gasteiger partial charge in [-0.2, -0.15) is 0 Å². The van der Waals surface area contributed by atoms with Gasteiger partial charge in [0.1, 0.15) is 18.2 Å². The molecule has 6 heteroatoms. The summed E-state index contributed by atoms with van der Waals surface area (Å²) in [6.45, 7) is 3.90. The minimum atomic E-state index is -0.686. The van der Waals surface area contributed by atoms with Crippen molar-refractivity contribution in [3.8, 4) is 5.75 Å². The second-order valence-electron chi connectivity index (χ2n) is 8.44. The van der Waals surface area contributed by atoms with Crippen molar-refractivity contribution in [3.63, 3.8) is 0 Å². The average Bonchev–Trinajstić information content (AvgIpc) is 3.14. The third kappa shape index (κ3) is 4.01. The number of fused-ring (bicyclic) bond motifs is 2. The van der Waals surface area contributed by atoms with Crippen LogP contribution in [0.1, 0.15) is 46.8 Å². The smallest absolute Gasteiger partial charge is 0.336 e. The summed E-state index contributed by atoms with van der Waals surface area (Å²) in [5.74, 6) is -1.15. The summed E-state index contributed by atoms with van der Waals surface area (Å²) >= 11 is 0. The number of dihydropyridines is 1. The molecule has 0 amide bonds. The molecule has 5 rings (SSSR count). The zero-order chi connectivity index (χ0) is 24.5. The Morgan fingerprint density at radius 1 is 1.00 bits per heavy atom. The fourth-order valence-electron chi connectivity index (χ4n) is 4.76. The Balaban J connectivity index is 1.62. The number of hydrogen-bond acceptors (Lipinski definition) is 5. The molecule has 0 saturated heterocycles. The lowest BCUT2D eigenvalue weighted by atomic mass is 9.79. The summed E-state index contributed by atoms with van der Waals surface area (Å²) in [6.07, 6.45) is 0. The molecule has 35 heavy (non-hydrogen) atoms. The molecule has 0 saturated carbocycles. The maximum Gasteiger partial charge on any atom is 0.336 e. The molecule has 0 spiro atoms. The van der Waals surface area contributed by atoms with E-state index in [1.807, 2.05) is 43.3 Å². The van der Waals surface area contributed by atoms with E-state index in [0.29, 0.717) is 45.0 Å². The van der Waals surface area contributed by atoms with E-state index < -0.39 is 11.9 Å². The highest BCUT2D eigenvalue weighted by molar-refractivity contribution is 6.23. The SMILES string of the molecule is CCOC(=O)C1=C(C)NC2=C(C(=O)c3ccccc32)[C@H]1c1ccccc1OCc1cccc(F)c1. The van der Waals surface area contributed by atoms with Gasteiger partial charge in [0.15, 0.2) is 5.78 Å². The highest BCUT2D eigenvalue weighted by Gasteiger charge is 2.43. The Morgan fingerprint density at radius 3 is 2.51 bits per heavy atom. The number of esters is 1. The fraction of sp³-hybridized carbons (Fsp3) is 0.172. The van der Waals surface area contributed by atoms with Gasteiger partial charge >= 0.3 is 5.97 Å². The van der Waals surface area contributed by atoms with Crippen LogP contribution < -0.4 is 10.1 Å². The third-order valence-electron chi connectivity index (χ3n) is 6.26. The van der Waals surface area contributed by atoms with E-state index in [1.54, 1.807) is 31.2 Å². The zero-order valence-corrected chi connectivity index (χ0v) is 19.4. The molecule has 1 N–H and O–H groups in total. The van der Waals surface area contributed by atoms with Gasteiger partial charge in [-0.15, -0.1) is 0 Å². The Bertz CT molecular complexity index is 1410. The Kier molecular flexibility index (Phi) is 5.95. The van der Waals surface area contributed by atoms with Crippen LogP contribution in [0.25, 0.3) is 5.70 Å². The number of para-hydroxylation sites is 1. The lowest BCUT2D eigenvalue weighted by molar-refractivity contribution is -0.138. The number of carbonyl (C=O) groups is 2. The molecule has 3 aromatic rings. The number of nitrogens with one attached hydrogen (secondary N) is 1. The van der Waals surface area contributed by atoms with E-state index in [1.165, 1.54) is 12.1 Å². The Morgan fingerprint density at radius 2 is 1.74 bits per heavy atom. The third-order valence-corrected chi connectivity index (χ3v) is 6.26. The van der Waals surface area contributed by atoms with E-state index in [9.17, 15) is 14.0 Å². The molecule has 1 aliphatic heterocycles. The molecule has 0 bridgehead atoms. The van der Waals surface area contributed by atoms with Crippen LogP contribution in [0.15, 0.2) is 89.6 Å². The Labute approximate surface area is 202 Å². The number of carbonyl (C=O) groups excluding carboxylic acids is 2. The number of benzene rings is 3. The van der Waals surface area contributed by atoms with Crippen molar-refractivity contribution in [1.29, 1.82) is 0 Å².